The second kappa shape index (κ2) is 7.31. The fourth-order valence-corrected chi connectivity index (χ4v) is 2.48. The van der Waals surface area contributed by atoms with Gasteiger partial charge in [-0.25, -0.2) is 0 Å². The van der Waals surface area contributed by atoms with Gasteiger partial charge in [-0.2, -0.15) is 0 Å². The minimum atomic E-state index is 0.940. The van der Waals surface area contributed by atoms with Crippen molar-refractivity contribution in [3.8, 4) is 0 Å². The predicted octanol–water partition coefficient (Wildman–Crippen LogP) is 1.97. The number of anilines is 1. The van der Waals surface area contributed by atoms with Crippen LogP contribution in [-0.4, -0.2) is 50.7 Å². The maximum absolute atomic E-state index is 4.15. The Morgan fingerprint density at radius 2 is 1.84 bits per heavy atom. The van der Waals surface area contributed by atoms with E-state index in [0.29, 0.717) is 0 Å². The molecule has 0 amide bonds. The molecule has 0 aliphatic carbocycles. The summed E-state index contributed by atoms with van der Waals surface area (Å²) in [6, 6.07) is 10.7. The number of nitrogens with zero attached hydrogens (tertiary/aromatic N) is 2. The highest BCUT2D eigenvalue weighted by Gasteiger charge is 2.17. The van der Waals surface area contributed by atoms with Crippen molar-refractivity contribution in [2.45, 2.75) is 6.92 Å². The molecule has 1 N–H and O–H groups in total. The van der Waals surface area contributed by atoms with E-state index < -0.39 is 0 Å². The molecule has 1 aromatic rings. The van der Waals surface area contributed by atoms with Crippen LogP contribution < -0.4 is 10.2 Å². The number of piperazine rings is 1. The Bertz CT molecular complexity index is 380. The van der Waals surface area contributed by atoms with Gasteiger partial charge in [0.15, 0.2) is 0 Å². The van der Waals surface area contributed by atoms with Crippen LogP contribution >= 0.6 is 0 Å². The summed E-state index contributed by atoms with van der Waals surface area (Å²) in [5.41, 5.74) is 2.63. The SMILES string of the molecule is C=C(CNCC)CN1CCN(c2ccccc2)CC1. The van der Waals surface area contributed by atoms with Crippen molar-refractivity contribution in [1.29, 1.82) is 0 Å². The average molecular weight is 259 g/mol. The van der Waals surface area contributed by atoms with Gasteiger partial charge in [0, 0.05) is 45.0 Å². The van der Waals surface area contributed by atoms with Gasteiger partial charge in [0.2, 0.25) is 0 Å². The first-order valence-corrected chi connectivity index (χ1v) is 7.19. The van der Waals surface area contributed by atoms with Gasteiger partial charge >= 0.3 is 0 Å². The summed E-state index contributed by atoms with van der Waals surface area (Å²) < 4.78 is 0. The first-order chi connectivity index (χ1) is 9.29. The van der Waals surface area contributed by atoms with Crippen LogP contribution in [0.3, 0.4) is 0 Å². The normalized spacial score (nSPS) is 16.6. The smallest absolute Gasteiger partial charge is 0.0367 e. The Labute approximate surface area is 116 Å². The molecule has 0 bridgehead atoms. The molecule has 0 saturated carbocycles. The Hall–Kier alpha value is -1.32. The number of benzene rings is 1. The largest absolute Gasteiger partial charge is 0.369 e. The van der Waals surface area contributed by atoms with Gasteiger partial charge in [0.25, 0.3) is 0 Å². The molecular formula is C16H25N3. The van der Waals surface area contributed by atoms with Gasteiger partial charge in [0.05, 0.1) is 0 Å². The number of nitrogens with one attached hydrogen (secondary N) is 1. The van der Waals surface area contributed by atoms with Crippen molar-refractivity contribution in [2.75, 3.05) is 50.7 Å². The lowest BCUT2D eigenvalue weighted by Gasteiger charge is -2.36. The van der Waals surface area contributed by atoms with Gasteiger partial charge in [-0.3, -0.25) is 4.90 Å². The summed E-state index contributed by atoms with van der Waals surface area (Å²) in [4.78, 5) is 4.96. The number of hydrogen-bond donors (Lipinski definition) is 1. The number of hydrogen-bond acceptors (Lipinski definition) is 3. The fraction of sp³-hybridized carbons (Fsp3) is 0.500. The van der Waals surface area contributed by atoms with Crippen LogP contribution in [0.4, 0.5) is 5.69 Å². The van der Waals surface area contributed by atoms with Crippen LogP contribution in [-0.2, 0) is 0 Å². The Kier molecular flexibility index (Phi) is 5.43. The number of para-hydroxylation sites is 1. The van der Waals surface area contributed by atoms with Gasteiger partial charge in [-0.15, -0.1) is 0 Å². The molecule has 1 aliphatic rings. The van der Waals surface area contributed by atoms with Gasteiger partial charge < -0.3 is 10.2 Å². The quantitative estimate of drug-likeness (QED) is 0.788. The van der Waals surface area contributed by atoms with Crippen molar-refractivity contribution in [2.24, 2.45) is 0 Å². The molecule has 0 atom stereocenters. The summed E-state index contributed by atoms with van der Waals surface area (Å²) in [5, 5.41) is 3.34. The molecule has 104 valence electrons. The molecule has 19 heavy (non-hydrogen) atoms. The minimum absolute atomic E-state index is 0.940. The monoisotopic (exact) mass is 259 g/mol. The van der Waals surface area contributed by atoms with Crippen molar-refractivity contribution in [3.63, 3.8) is 0 Å². The zero-order valence-corrected chi connectivity index (χ0v) is 11.9. The Morgan fingerprint density at radius 1 is 1.16 bits per heavy atom. The first-order valence-electron chi connectivity index (χ1n) is 7.19. The molecule has 0 aromatic heterocycles. The summed E-state index contributed by atoms with van der Waals surface area (Å²) in [7, 11) is 0. The molecule has 1 saturated heterocycles. The standard InChI is InChI=1S/C16H25N3/c1-3-17-13-15(2)14-18-9-11-19(12-10-18)16-7-5-4-6-8-16/h4-8,17H,2-3,9-14H2,1H3. The highest BCUT2D eigenvalue weighted by molar-refractivity contribution is 5.46. The van der Waals surface area contributed by atoms with E-state index in [4.69, 9.17) is 0 Å². The first kappa shape index (κ1) is 14.1. The van der Waals surface area contributed by atoms with E-state index in [0.717, 1.165) is 45.8 Å². The third kappa shape index (κ3) is 4.37. The fourth-order valence-electron chi connectivity index (χ4n) is 2.48. The minimum Gasteiger partial charge on any atom is -0.369 e. The van der Waals surface area contributed by atoms with E-state index in [1.54, 1.807) is 0 Å². The van der Waals surface area contributed by atoms with Crippen molar-refractivity contribution in [1.82, 2.24) is 10.2 Å². The Morgan fingerprint density at radius 3 is 2.47 bits per heavy atom. The van der Waals surface area contributed by atoms with Crippen LogP contribution in [0, 0.1) is 0 Å². The van der Waals surface area contributed by atoms with Gasteiger partial charge in [0.1, 0.15) is 0 Å². The predicted molar refractivity (Wildman–Crippen MR) is 82.8 cm³/mol. The lowest BCUT2D eigenvalue weighted by molar-refractivity contribution is 0.276. The molecule has 2 rings (SSSR count). The van der Waals surface area contributed by atoms with Crippen LogP contribution in [0.1, 0.15) is 6.92 Å². The molecule has 0 spiro atoms. The van der Waals surface area contributed by atoms with E-state index >= 15 is 0 Å². The van der Waals surface area contributed by atoms with E-state index in [1.807, 2.05) is 0 Å². The van der Waals surface area contributed by atoms with Crippen LogP contribution in [0.5, 0.6) is 0 Å². The second-order valence-electron chi connectivity index (χ2n) is 5.13. The zero-order chi connectivity index (χ0) is 13.5. The molecular weight excluding hydrogens is 234 g/mol. The lowest BCUT2D eigenvalue weighted by atomic mass is 10.2. The summed E-state index contributed by atoms with van der Waals surface area (Å²) in [5.74, 6) is 0. The van der Waals surface area contributed by atoms with E-state index in [1.165, 1.54) is 11.3 Å². The van der Waals surface area contributed by atoms with Crippen LogP contribution in [0.2, 0.25) is 0 Å². The molecule has 0 radical (unpaired) electrons. The van der Waals surface area contributed by atoms with E-state index in [2.05, 4.69) is 59.0 Å². The number of likely N-dealkylation sites (N-methyl/N-ethyl adjacent to an activating group) is 1. The molecule has 1 heterocycles. The summed E-state index contributed by atoms with van der Waals surface area (Å²) in [6.45, 7) is 13.7. The van der Waals surface area contributed by atoms with Crippen molar-refractivity contribution in [3.05, 3.63) is 42.5 Å². The molecule has 3 nitrogen and oxygen atoms in total. The molecule has 1 aliphatic heterocycles. The van der Waals surface area contributed by atoms with E-state index in [-0.39, 0.29) is 0 Å². The third-order valence-corrected chi connectivity index (χ3v) is 3.57. The Balaban J connectivity index is 1.75. The van der Waals surface area contributed by atoms with Crippen molar-refractivity contribution >= 4 is 5.69 Å². The highest BCUT2D eigenvalue weighted by Crippen LogP contribution is 2.15. The summed E-state index contributed by atoms with van der Waals surface area (Å²) in [6.07, 6.45) is 0. The van der Waals surface area contributed by atoms with Gasteiger partial charge in [-0.05, 0) is 24.3 Å². The maximum Gasteiger partial charge on any atom is 0.0367 e. The second-order valence-corrected chi connectivity index (χ2v) is 5.13. The molecule has 3 heteroatoms. The average Bonchev–Trinajstić information content (AvgIpc) is 2.47. The molecule has 1 aromatic carbocycles. The third-order valence-electron chi connectivity index (χ3n) is 3.57. The summed E-state index contributed by atoms with van der Waals surface area (Å²) >= 11 is 0. The zero-order valence-electron chi connectivity index (χ0n) is 11.9. The topological polar surface area (TPSA) is 18.5 Å². The maximum atomic E-state index is 4.15. The molecule has 0 unspecified atom stereocenters. The highest BCUT2D eigenvalue weighted by atomic mass is 15.3. The van der Waals surface area contributed by atoms with Crippen LogP contribution in [0.15, 0.2) is 42.5 Å². The van der Waals surface area contributed by atoms with E-state index in [9.17, 15) is 0 Å². The van der Waals surface area contributed by atoms with Crippen molar-refractivity contribution < 1.29 is 0 Å². The molecule has 1 fully saturated rings. The van der Waals surface area contributed by atoms with Crippen LogP contribution in [0.25, 0.3) is 0 Å². The number of rotatable bonds is 6. The lowest BCUT2D eigenvalue weighted by Crippen LogP contribution is -2.47. The van der Waals surface area contributed by atoms with Gasteiger partial charge in [-0.1, -0.05) is 31.7 Å².